The summed E-state index contributed by atoms with van der Waals surface area (Å²) in [4.78, 5) is 11.2. The number of phenolic OH excluding ortho intramolecular Hbond substituents is 1. The van der Waals surface area contributed by atoms with Gasteiger partial charge in [-0.3, -0.25) is 0 Å². The normalized spacial score (nSPS) is 14.8. The van der Waals surface area contributed by atoms with Crippen molar-refractivity contribution in [2.45, 2.75) is 59.8 Å². The zero-order valence-electron chi connectivity index (χ0n) is 15.9. The number of hydrogen-bond acceptors (Lipinski definition) is 2. The molecule has 0 aliphatic heterocycles. The predicted molar refractivity (Wildman–Crippen MR) is 126 cm³/mol. The van der Waals surface area contributed by atoms with Crippen molar-refractivity contribution in [3.8, 4) is 16.9 Å². The third-order valence-corrected chi connectivity index (χ3v) is 5.76. The van der Waals surface area contributed by atoms with Gasteiger partial charge in [0.05, 0.1) is 5.56 Å². The fourth-order valence-electron chi connectivity index (χ4n) is 4.16. The predicted octanol–water partition coefficient (Wildman–Crippen LogP) is 7.85. The monoisotopic (exact) mass is 405 g/mol. The number of aromatic carboxylic acids is 1. The van der Waals surface area contributed by atoms with Crippen LogP contribution >= 0.6 is 0 Å². The van der Waals surface area contributed by atoms with Gasteiger partial charge in [0.25, 0.3) is 0 Å². The molecule has 0 atom stereocenters. The quantitative estimate of drug-likeness (QED) is 0.466. The van der Waals surface area contributed by atoms with Gasteiger partial charge in [0.15, 0.2) is 0 Å². The summed E-state index contributed by atoms with van der Waals surface area (Å²) in [6.07, 6.45) is 8.38. The number of hydrogen-bond donors (Lipinski definition) is 2. The number of benzene rings is 3. The zero-order chi connectivity index (χ0) is 19.5. The highest BCUT2D eigenvalue weighted by Gasteiger charge is 2.18. The van der Waals surface area contributed by atoms with Crippen molar-refractivity contribution in [2.24, 2.45) is 0 Å². The van der Waals surface area contributed by atoms with Gasteiger partial charge in [0, 0.05) is 11.5 Å². The SMILES string of the molecule is C.C.O=C(O)c1ccc2cc(-c3ccc(O)c([C]4CCCCCCC4)c3)ccc2c1. The van der Waals surface area contributed by atoms with Crippen molar-refractivity contribution >= 4 is 16.7 Å². The smallest absolute Gasteiger partial charge is 0.335 e. The third-order valence-electron chi connectivity index (χ3n) is 5.76. The summed E-state index contributed by atoms with van der Waals surface area (Å²) in [5, 5.41) is 21.6. The molecule has 0 spiro atoms. The first-order valence-corrected chi connectivity index (χ1v) is 10.1. The van der Waals surface area contributed by atoms with E-state index in [1.54, 1.807) is 18.2 Å². The summed E-state index contributed by atoms with van der Waals surface area (Å²) in [6.45, 7) is 0. The Morgan fingerprint density at radius 3 is 1.97 bits per heavy atom. The first-order chi connectivity index (χ1) is 13.6. The van der Waals surface area contributed by atoms with Gasteiger partial charge in [0.1, 0.15) is 5.75 Å². The molecular formula is C27H33O3. The molecule has 159 valence electrons. The van der Waals surface area contributed by atoms with Crippen LogP contribution in [0.5, 0.6) is 5.75 Å². The molecular weight excluding hydrogens is 372 g/mol. The van der Waals surface area contributed by atoms with Gasteiger partial charge in [-0.25, -0.2) is 4.79 Å². The number of carbonyl (C=O) groups is 1. The zero-order valence-corrected chi connectivity index (χ0v) is 15.9. The van der Waals surface area contributed by atoms with Crippen LogP contribution in [0.25, 0.3) is 21.9 Å². The summed E-state index contributed by atoms with van der Waals surface area (Å²) >= 11 is 0. The largest absolute Gasteiger partial charge is 0.508 e. The van der Waals surface area contributed by atoms with E-state index in [4.69, 9.17) is 5.11 Å². The minimum Gasteiger partial charge on any atom is -0.508 e. The molecule has 0 bridgehead atoms. The Labute approximate surface area is 180 Å². The fourth-order valence-corrected chi connectivity index (χ4v) is 4.16. The van der Waals surface area contributed by atoms with Crippen LogP contribution in [-0.4, -0.2) is 16.2 Å². The summed E-state index contributed by atoms with van der Waals surface area (Å²) < 4.78 is 0. The number of carboxylic acid groups (broad SMARTS) is 1. The van der Waals surface area contributed by atoms with Crippen LogP contribution in [0.15, 0.2) is 54.6 Å². The first-order valence-electron chi connectivity index (χ1n) is 10.1. The van der Waals surface area contributed by atoms with E-state index in [-0.39, 0.29) is 14.9 Å². The van der Waals surface area contributed by atoms with E-state index >= 15 is 0 Å². The summed E-state index contributed by atoms with van der Waals surface area (Å²) in [5.41, 5.74) is 3.43. The topological polar surface area (TPSA) is 57.5 Å². The molecule has 0 unspecified atom stereocenters. The van der Waals surface area contributed by atoms with E-state index in [9.17, 15) is 9.90 Å². The second-order valence-corrected chi connectivity index (χ2v) is 7.69. The number of carboxylic acids is 1. The molecule has 3 nitrogen and oxygen atoms in total. The summed E-state index contributed by atoms with van der Waals surface area (Å²) in [7, 11) is 0. The highest BCUT2D eigenvalue weighted by molar-refractivity contribution is 5.95. The molecule has 4 rings (SSSR count). The van der Waals surface area contributed by atoms with E-state index < -0.39 is 5.97 Å². The third kappa shape index (κ3) is 5.02. The van der Waals surface area contributed by atoms with E-state index in [2.05, 4.69) is 12.1 Å². The minimum absolute atomic E-state index is 0. The van der Waals surface area contributed by atoms with Gasteiger partial charge in [0.2, 0.25) is 0 Å². The lowest BCUT2D eigenvalue weighted by atomic mass is 9.84. The molecule has 3 aromatic rings. The highest BCUT2D eigenvalue weighted by Crippen LogP contribution is 2.37. The van der Waals surface area contributed by atoms with Crippen molar-refractivity contribution < 1.29 is 15.0 Å². The van der Waals surface area contributed by atoms with Gasteiger partial charge < -0.3 is 10.2 Å². The van der Waals surface area contributed by atoms with E-state index in [1.807, 2.05) is 24.3 Å². The Balaban J connectivity index is 0.00000160. The molecule has 1 fully saturated rings. The number of fused-ring (bicyclic) bond motifs is 1. The van der Waals surface area contributed by atoms with Crippen molar-refractivity contribution in [3.63, 3.8) is 0 Å². The number of aromatic hydroxyl groups is 1. The molecule has 1 aliphatic carbocycles. The maximum Gasteiger partial charge on any atom is 0.335 e. The average Bonchev–Trinajstić information content (AvgIpc) is 2.68. The Kier molecular flexibility index (Phi) is 8.05. The van der Waals surface area contributed by atoms with Crippen molar-refractivity contribution in [1.29, 1.82) is 0 Å². The van der Waals surface area contributed by atoms with E-state index in [0.29, 0.717) is 11.3 Å². The van der Waals surface area contributed by atoms with E-state index in [1.165, 1.54) is 38.0 Å². The number of rotatable bonds is 3. The molecule has 3 heteroatoms. The molecule has 0 amide bonds. The van der Waals surface area contributed by atoms with Gasteiger partial charge in [-0.15, -0.1) is 0 Å². The fraction of sp³-hybridized carbons (Fsp3) is 0.333. The molecule has 0 saturated heterocycles. The van der Waals surface area contributed by atoms with Gasteiger partial charge in [-0.05, 0) is 65.1 Å². The second-order valence-electron chi connectivity index (χ2n) is 7.69. The van der Waals surface area contributed by atoms with Gasteiger partial charge in [-0.2, -0.15) is 0 Å². The summed E-state index contributed by atoms with van der Waals surface area (Å²) in [6, 6.07) is 17.1. The van der Waals surface area contributed by atoms with Crippen LogP contribution in [0.1, 0.15) is 75.7 Å². The van der Waals surface area contributed by atoms with Crippen LogP contribution in [0.4, 0.5) is 0 Å². The lowest BCUT2D eigenvalue weighted by molar-refractivity contribution is 0.0697. The molecule has 30 heavy (non-hydrogen) atoms. The van der Waals surface area contributed by atoms with Gasteiger partial charge in [-0.1, -0.05) is 71.2 Å². The van der Waals surface area contributed by atoms with Crippen molar-refractivity contribution in [1.82, 2.24) is 0 Å². The standard InChI is InChI=1S/C25H25O3.2CH4/c26-24-13-12-21(16-23(24)17-6-4-2-1-3-5-7-17)19-8-9-20-15-22(25(27)28)11-10-18(20)14-19;;/h8-16,26H,1-7H2,(H,27,28);2*1H4. The average molecular weight is 406 g/mol. The van der Waals surface area contributed by atoms with Crippen LogP contribution in [-0.2, 0) is 0 Å². The van der Waals surface area contributed by atoms with Crippen molar-refractivity contribution in [3.05, 3.63) is 71.6 Å². The Morgan fingerprint density at radius 2 is 1.27 bits per heavy atom. The molecule has 1 saturated carbocycles. The lowest BCUT2D eigenvalue weighted by Crippen LogP contribution is -2.04. The number of phenols is 1. The van der Waals surface area contributed by atoms with Crippen LogP contribution < -0.4 is 0 Å². The summed E-state index contributed by atoms with van der Waals surface area (Å²) in [5.74, 6) is 0.822. The van der Waals surface area contributed by atoms with Gasteiger partial charge >= 0.3 is 5.97 Å². The Bertz CT molecular complexity index is 998. The Hall–Kier alpha value is -2.81. The molecule has 2 N–H and O–H groups in total. The minimum atomic E-state index is -0.912. The lowest BCUT2D eigenvalue weighted by Gasteiger charge is -2.21. The molecule has 0 aromatic heterocycles. The van der Waals surface area contributed by atoms with Crippen LogP contribution in [0, 0.1) is 5.92 Å². The highest BCUT2D eigenvalue weighted by atomic mass is 16.4. The maximum absolute atomic E-state index is 11.2. The molecule has 1 radical (unpaired) electrons. The van der Waals surface area contributed by atoms with Crippen molar-refractivity contribution in [2.75, 3.05) is 0 Å². The molecule has 0 heterocycles. The molecule has 1 aliphatic rings. The van der Waals surface area contributed by atoms with Crippen LogP contribution in [0.3, 0.4) is 0 Å². The Morgan fingerprint density at radius 1 is 0.700 bits per heavy atom. The van der Waals surface area contributed by atoms with E-state index in [0.717, 1.165) is 40.3 Å². The maximum atomic E-state index is 11.2. The van der Waals surface area contributed by atoms with Crippen LogP contribution in [0.2, 0.25) is 0 Å². The second kappa shape index (κ2) is 10.3. The molecule has 3 aromatic carbocycles. The first kappa shape index (κ1) is 23.5.